The summed E-state index contributed by atoms with van der Waals surface area (Å²) in [5, 5.41) is 2.22. The molecule has 0 aliphatic carbocycles. The molecule has 112 valence electrons. The molecule has 0 aliphatic rings. The normalized spacial score (nSPS) is 15.5. The Morgan fingerprint density at radius 3 is 2.26 bits per heavy atom. The lowest BCUT2D eigenvalue weighted by Gasteiger charge is -2.26. The Kier molecular flexibility index (Phi) is 6.35. The van der Waals surface area contributed by atoms with Gasteiger partial charge in [0.25, 0.3) is 0 Å². The number of halogens is 3. The van der Waals surface area contributed by atoms with Crippen LogP contribution in [0, 0.1) is 0 Å². The average molecular weight is 283 g/mol. The van der Waals surface area contributed by atoms with Crippen molar-refractivity contribution in [3.63, 3.8) is 0 Å². The lowest BCUT2D eigenvalue weighted by atomic mass is 10.2. The summed E-state index contributed by atoms with van der Waals surface area (Å²) in [6.45, 7) is 9.21. The van der Waals surface area contributed by atoms with Crippen LogP contribution in [0.1, 0.15) is 34.1 Å². The van der Waals surface area contributed by atoms with Gasteiger partial charge < -0.3 is 9.47 Å². The number of carbonyl (C=O) groups excluding carboxylic acids is 1. The quantitative estimate of drug-likeness (QED) is 0.621. The molecule has 0 aliphatic heterocycles. The van der Waals surface area contributed by atoms with E-state index >= 15 is 0 Å². The van der Waals surface area contributed by atoms with E-state index in [1.807, 2.05) is 0 Å². The van der Waals surface area contributed by atoms with E-state index in [1.165, 1.54) is 6.08 Å². The van der Waals surface area contributed by atoms with Gasteiger partial charge in [0.05, 0.1) is 0 Å². The van der Waals surface area contributed by atoms with E-state index in [2.05, 4.69) is 11.9 Å². The Hall–Kier alpha value is -1.24. The number of nitrogens with one attached hydrogen (secondary N) is 1. The molecule has 19 heavy (non-hydrogen) atoms. The number of alkyl carbamates (subject to hydrolysis) is 1. The smallest absolute Gasteiger partial charge is 0.414 e. The van der Waals surface area contributed by atoms with Crippen LogP contribution in [0.3, 0.4) is 0 Å². The first-order valence-electron chi connectivity index (χ1n) is 5.78. The highest BCUT2D eigenvalue weighted by Crippen LogP contribution is 2.23. The van der Waals surface area contributed by atoms with E-state index in [0.29, 0.717) is 0 Å². The standard InChI is InChI=1S/C12H20F3NO3/c1-6-7-9(18-8(2)12(13,14)15)16-10(17)19-11(3,4)5/h6,8-9H,1,7H2,2-5H3,(H,16,17). The zero-order chi connectivity index (χ0) is 15.3. The fourth-order valence-corrected chi connectivity index (χ4v) is 1.06. The minimum atomic E-state index is -4.49. The van der Waals surface area contributed by atoms with Crippen molar-refractivity contribution in [2.24, 2.45) is 0 Å². The first-order chi connectivity index (χ1) is 8.45. The maximum atomic E-state index is 12.4. The van der Waals surface area contributed by atoms with Crippen LogP contribution >= 0.6 is 0 Å². The van der Waals surface area contributed by atoms with E-state index in [4.69, 9.17) is 9.47 Å². The largest absolute Gasteiger partial charge is 0.444 e. The van der Waals surface area contributed by atoms with Crippen LogP contribution in [0.15, 0.2) is 12.7 Å². The molecule has 0 saturated carbocycles. The molecule has 0 radical (unpaired) electrons. The zero-order valence-electron chi connectivity index (χ0n) is 11.5. The minimum absolute atomic E-state index is 0.0413. The van der Waals surface area contributed by atoms with Crippen LogP contribution in [0.5, 0.6) is 0 Å². The zero-order valence-corrected chi connectivity index (χ0v) is 11.5. The fraction of sp³-hybridized carbons (Fsp3) is 0.750. The summed E-state index contributed by atoms with van der Waals surface area (Å²) in [5.41, 5.74) is -0.738. The highest BCUT2D eigenvalue weighted by Gasteiger charge is 2.38. The van der Waals surface area contributed by atoms with Crippen molar-refractivity contribution in [3.8, 4) is 0 Å². The van der Waals surface area contributed by atoms with Crippen molar-refractivity contribution in [3.05, 3.63) is 12.7 Å². The van der Waals surface area contributed by atoms with Crippen molar-refractivity contribution in [2.45, 2.75) is 58.2 Å². The van der Waals surface area contributed by atoms with Crippen molar-refractivity contribution in [2.75, 3.05) is 0 Å². The number of rotatable bonds is 5. The molecule has 0 saturated heterocycles. The molecular weight excluding hydrogens is 263 g/mol. The summed E-state index contributed by atoms with van der Waals surface area (Å²) in [4.78, 5) is 11.4. The summed E-state index contributed by atoms with van der Waals surface area (Å²) >= 11 is 0. The molecule has 0 spiro atoms. The maximum absolute atomic E-state index is 12.4. The minimum Gasteiger partial charge on any atom is -0.444 e. The average Bonchev–Trinajstić information content (AvgIpc) is 2.12. The Labute approximate surface area is 110 Å². The van der Waals surface area contributed by atoms with Gasteiger partial charge in [-0.2, -0.15) is 13.2 Å². The van der Waals surface area contributed by atoms with Crippen molar-refractivity contribution >= 4 is 6.09 Å². The molecule has 2 atom stereocenters. The van der Waals surface area contributed by atoms with Crippen LogP contribution in [-0.4, -0.2) is 30.2 Å². The Bertz CT molecular complexity index is 310. The molecular formula is C12H20F3NO3. The van der Waals surface area contributed by atoms with Crippen molar-refractivity contribution in [1.29, 1.82) is 0 Å². The Balaban J connectivity index is 4.49. The highest BCUT2D eigenvalue weighted by molar-refractivity contribution is 5.67. The first kappa shape index (κ1) is 17.8. The second-order valence-corrected chi connectivity index (χ2v) is 4.98. The number of hydrogen-bond acceptors (Lipinski definition) is 3. The number of carbonyl (C=O) groups is 1. The van der Waals surface area contributed by atoms with Gasteiger partial charge in [0.2, 0.25) is 0 Å². The monoisotopic (exact) mass is 283 g/mol. The lowest BCUT2D eigenvalue weighted by molar-refractivity contribution is -0.228. The Morgan fingerprint density at radius 1 is 1.37 bits per heavy atom. The Morgan fingerprint density at radius 2 is 1.89 bits per heavy atom. The first-order valence-corrected chi connectivity index (χ1v) is 5.78. The van der Waals surface area contributed by atoms with Gasteiger partial charge in [0.1, 0.15) is 11.8 Å². The fourth-order valence-electron chi connectivity index (χ4n) is 1.06. The summed E-state index contributed by atoms with van der Waals surface area (Å²) in [7, 11) is 0. The van der Waals surface area contributed by atoms with Gasteiger partial charge in [-0.1, -0.05) is 6.08 Å². The number of ether oxygens (including phenoxy) is 2. The highest BCUT2D eigenvalue weighted by atomic mass is 19.4. The van der Waals surface area contributed by atoms with Gasteiger partial charge in [0.15, 0.2) is 6.10 Å². The predicted octanol–water partition coefficient (Wildman–Crippen LogP) is 3.38. The van der Waals surface area contributed by atoms with Crippen LogP contribution in [0.2, 0.25) is 0 Å². The number of amides is 1. The van der Waals surface area contributed by atoms with E-state index in [1.54, 1.807) is 20.8 Å². The van der Waals surface area contributed by atoms with E-state index in [9.17, 15) is 18.0 Å². The molecule has 0 aromatic rings. The lowest BCUT2D eigenvalue weighted by Crippen LogP contribution is -2.44. The van der Waals surface area contributed by atoms with E-state index in [-0.39, 0.29) is 6.42 Å². The summed E-state index contributed by atoms with van der Waals surface area (Å²) in [5.74, 6) is 0. The molecule has 0 aromatic heterocycles. The maximum Gasteiger partial charge on any atom is 0.414 e. The third-order valence-electron chi connectivity index (χ3n) is 1.89. The van der Waals surface area contributed by atoms with Crippen LogP contribution in [0.25, 0.3) is 0 Å². The molecule has 0 heterocycles. The van der Waals surface area contributed by atoms with Crippen LogP contribution in [-0.2, 0) is 9.47 Å². The molecule has 0 aromatic carbocycles. The van der Waals surface area contributed by atoms with E-state index < -0.39 is 30.2 Å². The van der Waals surface area contributed by atoms with E-state index in [0.717, 1.165) is 6.92 Å². The van der Waals surface area contributed by atoms with Gasteiger partial charge in [-0.3, -0.25) is 5.32 Å². The van der Waals surface area contributed by atoms with Crippen molar-refractivity contribution < 1.29 is 27.4 Å². The van der Waals surface area contributed by atoms with Gasteiger partial charge in [-0.15, -0.1) is 6.58 Å². The number of alkyl halides is 3. The molecule has 0 fully saturated rings. The molecule has 4 nitrogen and oxygen atoms in total. The number of hydrogen-bond donors (Lipinski definition) is 1. The molecule has 1 N–H and O–H groups in total. The van der Waals surface area contributed by atoms with Gasteiger partial charge in [0, 0.05) is 6.42 Å². The van der Waals surface area contributed by atoms with Crippen molar-refractivity contribution in [1.82, 2.24) is 5.32 Å². The summed E-state index contributed by atoms with van der Waals surface area (Å²) in [6, 6.07) is 0. The van der Waals surface area contributed by atoms with Gasteiger partial charge >= 0.3 is 12.3 Å². The predicted molar refractivity (Wildman–Crippen MR) is 64.6 cm³/mol. The van der Waals surface area contributed by atoms with Gasteiger partial charge in [-0.05, 0) is 27.7 Å². The molecule has 7 heteroatoms. The van der Waals surface area contributed by atoms with Gasteiger partial charge in [-0.25, -0.2) is 4.79 Å². The van der Waals surface area contributed by atoms with Crippen LogP contribution in [0.4, 0.5) is 18.0 Å². The third kappa shape index (κ3) is 8.47. The van der Waals surface area contributed by atoms with Crippen LogP contribution < -0.4 is 5.32 Å². The SMILES string of the molecule is C=CCC(NC(=O)OC(C)(C)C)OC(C)C(F)(F)F. The summed E-state index contributed by atoms with van der Waals surface area (Å²) < 4.78 is 46.8. The molecule has 0 bridgehead atoms. The topological polar surface area (TPSA) is 47.6 Å². The molecule has 1 amide bonds. The second kappa shape index (κ2) is 6.79. The third-order valence-corrected chi connectivity index (χ3v) is 1.89. The molecule has 0 rings (SSSR count). The molecule has 2 unspecified atom stereocenters. The second-order valence-electron chi connectivity index (χ2n) is 4.98. The summed E-state index contributed by atoms with van der Waals surface area (Å²) in [6.07, 6.45) is -7.06.